The Balaban J connectivity index is 1.42. The van der Waals surface area contributed by atoms with Crippen LogP contribution in [0.15, 0.2) is 60.7 Å². The van der Waals surface area contributed by atoms with Gasteiger partial charge in [0.15, 0.2) is 6.29 Å². The van der Waals surface area contributed by atoms with E-state index in [4.69, 9.17) is 23.7 Å². The lowest BCUT2D eigenvalue weighted by atomic mass is 10.00. The predicted octanol–water partition coefficient (Wildman–Crippen LogP) is 3.09. The Morgan fingerprint density at radius 1 is 1.00 bits per heavy atom. The van der Waals surface area contributed by atoms with E-state index in [2.05, 4.69) is 0 Å². The molecule has 2 aliphatic heterocycles. The zero-order chi connectivity index (χ0) is 18.6. The third-order valence-electron chi connectivity index (χ3n) is 4.80. The summed E-state index contributed by atoms with van der Waals surface area (Å²) in [6.07, 6.45) is -1.68. The van der Waals surface area contributed by atoms with E-state index in [0.717, 1.165) is 5.56 Å². The summed E-state index contributed by atoms with van der Waals surface area (Å²) in [6, 6.07) is 18.6. The topological polar surface area (TPSA) is 63.2 Å². The molecular weight excluding hydrogens is 348 g/mol. The fourth-order valence-corrected chi connectivity index (χ4v) is 3.42. The zero-order valence-corrected chi connectivity index (χ0v) is 15.0. The van der Waals surface area contributed by atoms with Crippen molar-refractivity contribution in [1.29, 1.82) is 0 Å². The second-order valence-electron chi connectivity index (χ2n) is 6.56. The van der Waals surface area contributed by atoms with E-state index < -0.39 is 18.5 Å². The molecule has 0 aliphatic carbocycles. The smallest absolute Gasteiger partial charge is 0.340 e. The molecule has 0 bridgehead atoms. The van der Waals surface area contributed by atoms with Crippen molar-refractivity contribution in [3.63, 3.8) is 0 Å². The Morgan fingerprint density at radius 2 is 1.70 bits per heavy atom. The molecule has 0 spiro atoms. The van der Waals surface area contributed by atoms with Crippen molar-refractivity contribution in [1.82, 2.24) is 0 Å². The highest BCUT2D eigenvalue weighted by Crippen LogP contribution is 2.35. The van der Waals surface area contributed by atoms with E-state index in [0.29, 0.717) is 18.6 Å². The van der Waals surface area contributed by atoms with Crippen LogP contribution in [0.4, 0.5) is 0 Å². The number of ether oxygens (including phenoxy) is 5. The zero-order valence-electron chi connectivity index (χ0n) is 15.0. The van der Waals surface area contributed by atoms with Crippen LogP contribution in [0, 0.1) is 0 Å². The number of benzene rings is 2. The minimum absolute atomic E-state index is 0.257. The molecule has 4 rings (SSSR count). The summed E-state index contributed by atoms with van der Waals surface area (Å²) in [5.74, 6) is -0.422. The Labute approximate surface area is 157 Å². The lowest BCUT2D eigenvalue weighted by molar-refractivity contribution is -0.332. The molecule has 27 heavy (non-hydrogen) atoms. The fraction of sp³-hybridized carbons (Fsp3) is 0.381. The second-order valence-corrected chi connectivity index (χ2v) is 6.56. The third-order valence-corrected chi connectivity index (χ3v) is 4.80. The first-order valence-corrected chi connectivity index (χ1v) is 9.01. The SMILES string of the molecule is COC1CC(OC(=O)c2ccccc2)OC2COC(c3ccccc3)OC12. The van der Waals surface area contributed by atoms with Gasteiger partial charge in [-0.25, -0.2) is 4.79 Å². The van der Waals surface area contributed by atoms with Crippen molar-refractivity contribution < 1.29 is 28.5 Å². The van der Waals surface area contributed by atoms with Crippen LogP contribution in [0.5, 0.6) is 0 Å². The first kappa shape index (κ1) is 18.1. The lowest BCUT2D eigenvalue weighted by Crippen LogP contribution is -2.56. The van der Waals surface area contributed by atoms with Gasteiger partial charge in [-0.1, -0.05) is 48.5 Å². The molecule has 2 saturated heterocycles. The highest BCUT2D eigenvalue weighted by atomic mass is 16.8. The third kappa shape index (κ3) is 4.04. The van der Waals surface area contributed by atoms with Gasteiger partial charge >= 0.3 is 5.97 Å². The Bertz CT molecular complexity index is 742. The van der Waals surface area contributed by atoms with Gasteiger partial charge < -0.3 is 23.7 Å². The molecule has 2 aromatic carbocycles. The highest BCUT2D eigenvalue weighted by molar-refractivity contribution is 5.89. The molecule has 6 heteroatoms. The summed E-state index contributed by atoms with van der Waals surface area (Å²) >= 11 is 0. The molecule has 5 unspecified atom stereocenters. The molecular formula is C21H22O6. The van der Waals surface area contributed by atoms with Gasteiger partial charge in [-0.3, -0.25) is 0 Å². The van der Waals surface area contributed by atoms with Gasteiger partial charge in [0.1, 0.15) is 12.2 Å². The first-order valence-electron chi connectivity index (χ1n) is 9.01. The normalized spacial score (nSPS) is 30.3. The van der Waals surface area contributed by atoms with Crippen LogP contribution in [0.2, 0.25) is 0 Å². The summed E-state index contributed by atoms with van der Waals surface area (Å²) in [5, 5.41) is 0. The van der Waals surface area contributed by atoms with Crippen LogP contribution >= 0.6 is 0 Å². The number of esters is 1. The molecule has 2 aromatic rings. The van der Waals surface area contributed by atoms with Crippen molar-refractivity contribution in [2.45, 2.75) is 37.3 Å². The molecule has 2 aliphatic rings. The van der Waals surface area contributed by atoms with E-state index >= 15 is 0 Å². The van der Waals surface area contributed by atoms with Crippen molar-refractivity contribution >= 4 is 5.97 Å². The van der Waals surface area contributed by atoms with E-state index in [1.54, 1.807) is 31.4 Å². The summed E-state index contributed by atoms with van der Waals surface area (Å²) < 4.78 is 29.0. The van der Waals surface area contributed by atoms with E-state index in [9.17, 15) is 4.79 Å². The van der Waals surface area contributed by atoms with E-state index in [-0.39, 0.29) is 18.3 Å². The number of methoxy groups -OCH3 is 1. The maximum atomic E-state index is 12.3. The fourth-order valence-electron chi connectivity index (χ4n) is 3.42. The van der Waals surface area contributed by atoms with Gasteiger partial charge in [-0.05, 0) is 12.1 Å². The van der Waals surface area contributed by atoms with Crippen molar-refractivity contribution in [2.75, 3.05) is 13.7 Å². The number of carbonyl (C=O) groups excluding carboxylic acids is 1. The highest BCUT2D eigenvalue weighted by Gasteiger charge is 2.45. The quantitative estimate of drug-likeness (QED) is 0.771. The van der Waals surface area contributed by atoms with Gasteiger partial charge in [0, 0.05) is 19.1 Å². The minimum atomic E-state index is -0.704. The van der Waals surface area contributed by atoms with E-state index in [1.165, 1.54) is 0 Å². The van der Waals surface area contributed by atoms with Crippen LogP contribution in [0.25, 0.3) is 0 Å². The maximum absolute atomic E-state index is 12.3. The Morgan fingerprint density at radius 3 is 2.41 bits per heavy atom. The first-order chi connectivity index (χ1) is 13.2. The van der Waals surface area contributed by atoms with Gasteiger partial charge in [-0.15, -0.1) is 0 Å². The van der Waals surface area contributed by atoms with Gasteiger partial charge in [-0.2, -0.15) is 0 Å². The summed E-state index contributed by atoms with van der Waals surface area (Å²) in [6.45, 7) is 0.337. The van der Waals surface area contributed by atoms with Crippen LogP contribution in [-0.4, -0.2) is 44.3 Å². The molecule has 0 amide bonds. The number of fused-ring (bicyclic) bond motifs is 1. The lowest BCUT2D eigenvalue weighted by Gasteiger charge is -2.44. The number of hydrogen-bond acceptors (Lipinski definition) is 6. The second kappa shape index (κ2) is 8.19. The van der Waals surface area contributed by atoms with Crippen LogP contribution < -0.4 is 0 Å². The Hall–Kier alpha value is -2.25. The number of hydrogen-bond donors (Lipinski definition) is 0. The van der Waals surface area contributed by atoms with Gasteiger partial charge in [0.2, 0.25) is 6.29 Å². The Kier molecular flexibility index (Phi) is 5.50. The van der Waals surface area contributed by atoms with Crippen molar-refractivity contribution in [2.24, 2.45) is 0 Å². The van der Waals surface area contributed by atoms with Gasteiger partial charge in [0.05, 0.1) is 18.3 Å². The van der Waals surface area contributed by atoms with Crippen LogP contribution in [0.1, 0.15) is 28.6 Å². The minimum Gasteiger partial charge on any atom is -0.432 e. The summed E-state index contributed by atoms with van der Waals surface area (Å²) in [5.41, 5.74) is 1.43. The average Bonchev–Trinajstić information content (AvgIpc) is 2.74. The van der Waals surface area contributed by atoms with Crippen molar-refractivity contribution in [3.05, 3.63) is 71.8 Å². The van der Waals surface area contributed by atoms with Crippen LogP contribution in [-0.2, 0) is 23.7 Å². The van der Waals surface area contributed by atoms with Crippen LogP contribution in [0.3, 0.4) is 0 Å². The molecule has 0 saturated carbocycles. The molecule has 0 N–H and O–H groups in total. The molecule has 2 heterocycles. The molecule has 2 fully saturated rings. The molecule has 142 valence electrons. The van der Waals surface area contributed by atoms with E-state index in [1.807, 2.05) is 36.4 Å². The number of rotatable bonds is 4. The molecule has 6 nitrogen and oxygen atoms in total. The molecule has 0 radical (unpaired) electrons. The molecule has 0 aromatic heterocycles. The molecule has 5 atom stereocenters. The summed E-state index contributed by atoms with van der Waals surface area (Å²) in [4.78, 5) is 12.3. The average molecular weight is 370 g/mol. The predicted molar refractivity (Wildman–Crippen MR) is 95.9 cm³/mol. The summed E-state index contributed by atoms with van der Waals surface area (Å²) in [7, 11) is 1.62. The van der Waals surface area contributed by atoms with Gasteiger partial charge in [0.25, 0.3) is 0 Å². The maximum Gasteiger partial charge on any atom is 0.340 e. The number of carbonyl (C=O) groups is 1. The monoisotopic (exact) mass is 370 g/mol. The standard InChI is InChI=1S/C21H22O6/c1-23-16-12-18(26-20(22)14-8-4-2-5-9-14)25-17-13-24-21(27-19(16)17)15-10-6-3-7-11-15/h2-11,16-19,21H,12-13H2,1H3. The largest absolute Gasteiger partial charge is 0.432 e. The van der Waals surface area contributed by atoms with Crippen molar-refractivity contribution in [3.8, 4) is 0 Å².